The van der Waals surface area contributed by atoms with Gasteiger partial charge in [-0.1, -0.05) is 60.7 Å². The van der Waals surface area contributed by atoms with Crippen LogP contribution in [0.25, 0.3) is 0 Å². The molecule has 1 amide bonds. The lowest BCUT2D eigenvalue weighted by atomic mass is 9.79. The Morgan fingerprint density at radius 1 is 1.00 bits per heavy atom. The average molecular weight is 549 g/mol. The van der Waals surface area contributed by atoms with Crippen molar-refractivity contribution in [2.45, 2.75) is 37.8 Å². The number of esters is 2. The number of methoxy groups -OCH3 is 1. The number of nitrogens with zero attached hydrogens (tertiary/aromatic N) is 1. The van der Waals surface area contributed by atoms with E-state index in [9.17, 15) is 14.4 Å². The van der Waals surface area contributed by atoms with E-state index in [1.807, 2.05) is 67.6 Å². The predicted molar refractivity (Wildman–Crippen MR) is 144 cm³/mol. The van der Waals surface area contributed by atoms with Crippen molar-refractivity contribution >= 4 is 17.8 Å². The van der Waals surface area contributed by atoms with Crippen LogP contribution in [0.2, 0.25) is 0 Å². The summed E-state index contributed by atoms with van der Waals surface area (Å²) in [5.41, 5.74) is 1.91. The Labute approximate surface area is 232 Å². The molecule has 210 valence electrons. The third-order valence-electron chi connectivity index (χ3n) is 6.59. The maximum Gasteiger partial charge on any atom is 0.331 e. The second-order valence-electron chi connectivity index (χ2n) is 9.25. The minimum Gasteiger partial charge on any atom is -0.493 e. The van der Waals surface area contributed by atoms with Crippen molar-refractivity contribution in [2.75, 3.05) is 27.1 Å². The highest BCUT2D eigenvalue weighted by Gasteiger charge is 2.37. The third kappa shape index (κ3) is 6.95. The van der Waals surface area contributed by atoms with Crippen molar-refractivity contribution in [1.82, 2.24) is 10.3 Å². The van der Waals surface area contributed by atoms with Gasteiger partial charge in [-0.05, 0) is 18.1 Å². The number of carbonyl (C=O) groups excluding carboxylic acids is 3. The van der Waals surface area contributed by atoms with E-state index in [4.69, 9.17) is 23.7 Å². The highest BCUT2D eigenvalue weighted by molar-refractivity contribution is 5.98. The molecule has 3 aromatic rings. The summed E-state index contributed by atoms with van der Waals surface area (Å²) in [4.78, 5) is 41.9. The topological polar surface area (TPSA) is 122 Å². The molecule has 2 heterocycles. The first-order valence-corrected chi connectivity index (χ1v) is 12.9. The van der Waals surface area contributed by atoms with Crippen LogP contribution in [0.1, 0.15) is 47.3 Å². The highest BCUT2D eigenvalue weighted by Crippen LogP contribution is 2.38. The largest absolute Gasteiger partial charge is 0.493 e. The van der Waals surface area contributed by atoms with Gasteiger partial charge < -0.3 is 29.0 Å². The lowest BCUT2D eigenvalue weighted by Crippen LogP contribution is -2.46. The second-order valence-corrected chi connectivity index (χ2v) is 9.25. The van der Waals surface area contributed by atoms with Crippen molar-refractivity contribution in [3.8, 4) is 11.5 Å². The zero-order valence-corrected chi connectivity index (χ0v) is 22.6. The van der Waals surface area contributed by atoms with Crippen LogP contribution in [0, 0.1) is 0 Å². The van der Waals surface area contributed by atoms with Gasteiger partial charge >= 0.3 is 11.9 Å². The van der Waals surface area contributed by atoms with E-state index in [2.05, 4.69) is 10.3 Å². The number of hydrogen-bond donors (Lipinski definition) is 1. The van der Waals surface area contributed by atoms with Crippen molar-refractivity contribution in [2.24, 2.45) is 0 Å². The second kappa shape index (κ2) is 13.6. The molecule has 1 N–H and O–H groups in total. The maximum atomic E-state index is 13.3. The summed E-state index contributed by atoms with van der Waals surface area (Å²) < 4.78 is 27.6. The summed E-state index contributed by atoms with van der Waals surface area (Å²) >= 11 is 0. The van der Waals surface area contributed by atoms with Crippen LogP contribution in [-0.2, 0) is 23.8 Å². The van der Waals surface area contributed by atoms with Crippen LogP contribution in [0.3, 0.4) is 0 Å². The molecule has 2 aromatic carbocycles. The summed E-state index contributed by atoms with van der Waals surface area (Å²) in [6.07, 6.45) is 0.834. The molecular formula is C30H32N2O8. The van der Waals surface area contributed by atoms with Crippen LogP contribution in [-0.4, -0.2) is 62.1 Å². The molecule has 0 spiro atoms. The van der Waals surface area contributed by atoms with Gasteiger partial charge in [0.2, 0.25) is 6.79 Å². The number of ether oxygens (including phenoxy) is 5. The molecule has 1 aliphatic heterocycles. The van der Waals surface area contributed by atoms with Crippen molar-refractivity contribution in [3.63, 3.8) is 0 Å². The fraction of sp³-hybridized carbons (Fsp3) is 0.333. The number of amides is 1. The Balaban J connectivity index is 1.58. The zero-order valence-electron chi connectivity index (χ0n) is 22.6. The van der Waals surface area contributed by atoms with Gasteiger partial charge in [-0.25, -0.2) is 9.78 Å². The van der Waals surface area contributed by atoms with E-state index >= 15 is 0 Å². The van der Waals surface area contributed by atoms with Crippen molar-refractivity contribution in [1.29, 1.82) is 0 Å². The number of hydrogen-bond acceptors (Lipinski definition) is 9. The van der Waals surface area contributed by atoms with E-state index < -0.39 is 36.8 Å². The SMILES string of the molecule is COc1ccnc(C(=O)N[C@H]2COC[C@H](c3ccccc3)[C@@H](c3ccccc3)[C@H](C)OC2=O)c1OCOC(C)=O. The van der Waals surface area contributed by atoms with E-state index in [0.29, 0.717) is 6.61 Å². The molecular weight excluding hydrogens is 516 g/mol. The fourth-order valence-electron chi connectivity index (χ4n) is 4.72. The fourth-order valence-corrected chi connectivity index (χ4v) is 4.72. The zero-order chi connectivity index (χ0) is 28.5. The van der Waals surface area contributed by atoms with Crippen LogP contribution >= 0.6 is 0 Å². The van der Waals surface area contributed by atoms with E-state index in [1.54, 1.807) is 0 Å². The molecule has 0 bridgehead atoms. The quantitative estimate of drug-likeness (QED) is 0.332. The summed E-state index contributed by atoms with van der Waals surface area (Å²) in [6, 6.07) is 20.2. The highest BCUT2D eigenvalue weighted by atomic mass is 16.7. The first-order chi connectivity index (χ1) is 19.4. The molecule has 0 aliphatic carbocycles. The lowest BCUT2D eigenvalue weighted by molar-refractivity contribution is -0.152. The first-order valence-electron chi connectivity index (χ1n) is 12.9. The minimum atomic E-state index is -1.12. The third-order valence-corrected chi connectivity index (χ3v) is 6.59. The smallest absolute Gasteiger partial charge is 0.331 e. The van der Waals surface area contributed by atoms with E-state index in [0.717, 1.165) is 11.1 Å². The standard InChI is InChI=1S/C30H32N2O8/c1-19-26(22-12-8-5-9-13-22)23(21-10-6-4-7-11-21)16-37-17-24(30(35)40-19)32-29(34)27-28(39-18-38-20(2)33)25(36-3)14-15-31-27/h4-15,19,23-24,26H,16-18H2,1-3H3,(H,32,34)/t19-,23+,24-,26+/m0/s1. The van der Waals surface area contributed by atoms with Gasteiger partial charge in [-0.3, -0.25) is 9.59 Å². The van der Waals surface area contributed by atoms with Crippen LogP contribution in [0.15, 0.2) is 72.9 Å². The van der Waals surface area contributed by atoms with Gasteiger partial charge in [0.05, 0.1) is 20.3 Å². The van der Waals surface area contributed by atoms with Gasteiger partial charge in [0.15, 0.2) is 23.2 Å². The summed E-state index contributed by atoms with van der Waals surface area (Å²) in [6.45, 7) is 2.80. The number of aromatic nitrogens is 1. The summed E-state index contributed by atoms with van der Waals surface area (Å²) in [5, 5.41) is 2.66. The molecule has 1 fully saturated rings. The Morgan fingerprint density at radius 2 is 1.68 bits per heavy atom. The molecule has 1 aliphatic rings. The summed E-state index contributed by atoms with van der Waals surface area (Å²) in [5.74, 6) is -2.05. The molecule has 4 atom stereocenters. The number of benzene rings is 2. The Bertz CT molecular complexity index is 1300. The molecule has 40 heavy (non-hydrogen) atoms. The van der Waals surface area contributed by atoms with E-state index in [1.165, 1.54) is 26.3 Å². The number of carbonyl (C=O) groups is 3. The van der Waals surface area contributed by atoms with Gasteiger partial charge in [-0.15, -0.1) is 0 Å². The number of pyridine rings is 1. The average Bonchev–Trinajstić information content (AvgIpc) is 3.01. The normalized spacial score (nSPS) is 21.1. The Morgan fingerprint density at radius 3 is 2.33 bits per heavy atom. The predicted octanol–water partition coefficient (Wildman–Crippen LogP) is 3.62. The molecule has 10 nitrogen and oxygen atoms in total. The summed E-state index contributed by atoms with van der Waals surface area (Å²) in [7, 11) is 1.40. The van der Waals surface area contributed by atoms with E-state index in [-0.39, 0.29) is 35.6 Å². The molecule has 4 rings (SSSR count). The lowest BCUT2D eigenvalue weighted by Gasteiger charge is -2.31. The number of nitrogens with one attached hydrogen (secondary N) is 1. The molecule has 0 radical (unpaired) electrons. The maximum absolute atomic E-state index is 13.3. The van der Waals surface area contributed by atoms with Gasteiger partial charge in [0.1, 0.15) is 6.10 Å². The molecule has 1 aromatic heterocycles. The Kier molecular flexibility index (Phi) is 9.69. The monoisotopic (exact) mass is 548 g/mol. The Hall–Kier alpha value is -4.44. The molecule has 0 unspecified atom stereocenters. The molecule has 1 saturated heterocycles. The van der Waals surface area contributed by atoms with Crippen molar-refractivity contribution in [3.05, 3.63) is 89.7 Å². The minimum absolute atomic E-state index is 0.0391. The van der Waals surface area contributed by atoms with Crippen LogP contribution < -0.4 is 14.8 Å². The first kappa shape index (κ1) is 28.6. The number of rotatable bonds is 8. The van der Waals surface area contributed by atoms with Crippen LogP contribution in [0.4, 0.5) is 0 Å². The van der Waals surface area contributed by atoms with Crippen molar-refractivity contribution < 1.29 is 38.1 Å². The van der Waals surface area contributed by atoms with Crippen LogP contribution in [0.5, 0.6) is 11.5 Å². The van der Waals surface area contributed by atoms with Gasteiger partial charge in [-0.2, -0.15) is 0 Å². The number of cyclic esters (lactones) is 1. The van der Waals surface area contributed by atoms with Gasteiger partial charge in [0, 0.05) is 31.0 Å². The molecule has 10 heteroatoms. The van der Waals surface area contributed by atoms with Gasteiger partial charge in [0.25, 0.3) is 5.91 Å². The molecule has 0 saturated carbocycles.